The second kappa shape index (κ2) is 7.49. The summed E-state index contributed by atoms with van der Waals surface area (Å²) < 4.78 is 39.4. The smallest absolute Gasteiger partial charge is 0.242 e. The number of halogens is 3. The van der Waals surface area contributed by atoms with E-state index < -0.39 is 23.5 Å². The maximum absolute atomic E-state index is 13.2. The normalized spacial score (nSPS) is 12.3. The molecule has 1 N–H and O–H groups in total. The zero-order valence-corrected chi connectivity index (χ0v) is 13.7. The van der Waals surface area contributed by atoms with Crippen LogP contribution >= 0.6 is 0 Å². The summed E-state index contributed by atoms with van der Waals surface area (Å²) in [4.78, 5) is 14.2. The Hall–Kier alpha value is -2.34. The molecule has 0 fully saturated rings. The first kappa shape index (κ1) is 18.0. The average Bonchev–Trinajstić information content (AvgIpc) is 2.52. The predicted molar refractivity (Wildman–Crippen MR) is 85.8 cm³/mol. The van der Waals surface area contributed by atoms with E-state index in [-0.39, 0.29) is 18.0 Å². The number of hydrogen-bond donors (Lipinski definition) is 1. The van der Waals surface area contributed by atoms with Crippen molar-refractivity contribution in [3.05, 3.63) is 70.5 Å². The van der Waals surface area contributed by atoms with E-state index >= 15 is 0 Å². The summed E-state index contributed by atoms with van der Waals surface area (Å²) in [5, 5.41) is 2.63. The number of hydrogen-bond acceptors (Lipinski definition) is 2. The molecule has 0 aliphatic heterocycles. The van der Waals surface area contributed by atoms with Crippen molar-refractivity contribution in [1.29, 1.82) is 0 Å². The molecule has 128 valence electrons. The number of carbonyl (C=O) groups excluding carboxylic acids is 1. The summed E-state index contributed by atoms with van der Waals surface area (Å²) in [5.74, 6) is -4.38. The molecule has 1 atom stereocenters. The van der Waals surface area contributed by atoms with E-state index in [4.69, 9.17) is 0 Å². The summed E-state index contributed by atoms with van der Waals surface area (Å²) >= 11 is 0. The Kier molecular flexibility index (Phi) is 5.62. The molecule has 0 heterocycles. The standard InChI is InChI=1S/C18H19F3N2O/c1-11-4-6-13(7-5-11)17(23(2)3)18(24)22-10-12-8-14(19)16(21)15(20)9-12/h4-9,17H,10H2,1-3H3,(H,22,24). The number of likely N-dealkylation sites (N-methyl/N-ethyl adjacent to an activating group) is 1. The summed E-state index contributed by atoms with van der Waals surface area (Å²) in [7, 11) is 3.53. The Morgan fingerprint density at radius 2 is 1.62 bits per heavy atom. The fourth-order valence-corrected chi connectivity index (χ4v) is 2.43. The van der Waals surface area contributed by atoms with Crippen molar-refractivity contribution in [3.8, 4) is 0 Å². The van der Waals surface area contributed by atoms with E-state index in [1.165, 1.54) is 0 Å². The van der Waals surface area contributed by atoms with Crippen molar-refractivity contribution in [2.45, 2.75) is 19.5 Å². The first-order valence-corrected chi connectivity index (χ1v) is 7.43. The number of rotatable bonds is 5. The first-order chi connectivity index (χ1) is 11.3. The molecule has 0 saturated heterocycles. The molecular formula is C18H19F3N2O. The van der Waals surface area contributed by atoms with Gasteiger partial charge in [0.15, 0.2) is 17.5 Å². The van der Waals surface area contributed by atoms with Crippen molar-refractivity contribution in [2.24, 2.45) is 0 Å². The van der Waals surface area contributed by atoms with E-state index in [0.717, 1.165) is 23.3 Å². The van der Waals surface area contributed by atoms with Gasteiger partial charge in [0, 0.05) is 6.54 Å². The monoisotopic (exact) mass is 336 g/mol. The van der Waals surface area contributed by atoms with Crippen LogP contribution in [0.15, 0.2) is 36.4 Å². The first-order valence-electron chi connectivity index (χ1n) is 7.43. The molecule has 0 aromatic heterocycles. The average molecular weight is 336 g/mol. The largest absolute Gasteiger partial charge is 0.350 e. The highest BCUT2D eigenvalue weighted by Crippen LogP contribution is 2.19. The predicted octanol–water partition coefficient (Wildman–Crippen LogP) is 3.33. The topological polar surface area (TPSA) is 32.3 Å². The highest BCUT2D eigenvalue weighted by Gasteiger charge is 2.22. The third-order valence-electron chi connectivity index (χ3n) is 3.67. The lowest BCUT2D eigenvalue weighted by Gasteiger charge is -2.24. The second-order valence-corrected chi connectivity index (χ2v) is 5.87. The van der Waals surface area contributed by atoms with E-state index in [9.17, 15) is 18.0 Å². The summed E-state index contributed by atoms with van der Waals surface area (Å²) in [5.41, 5.74) is 2.04. The van der Waals surface area contributed by atoms with Crippen LogP contribution in [0.4, 0.5) is 13.2 Å². The van der Waals surface area contributed by atoms with Crippen molar-refractivity contribution in [1.82, 2.24) is 10.2 Å². The van der Waals surface area contributed by atoms with E-state index in [1.807, 2.05) is 31.2 Å². The van der Waals surface area contributed by atoms with Gasteiger partial charge < -0.3 is 5.32 Å². The zero-order chi connectivity index (χ0) is 17.9. The van der Waals surface area contributed by atoms with Gasteiger partial charge in [0.25, 0.3) is 0 Å². The summed E-state index contributed by atoms with van der Waals surface area (Å²) in [6, 6.07) is 8.73. The van der Waals surface area contributed by atoms with Gasteiger partial charge in [-0.25, -0.2) is 13.2 Å². The lowest BCUT2D eigenvalue weighted by molar-refractivity contribution is -0.125. The van der Waals surface area contributed by atoms with Crippen molar-refractivity contribution < 1.29 is 18.0 Å². The van der Waals surface area contributed by atoms with Gasteiger partial charge in [-0.05, 0) is 44.3 Å². The molecule has 0 spiro atoms. The van der Waals surface area contributed by atoms with E-state index in [0.29, 0.717) is 0 Å². The number of benzene rings is 2. The van der Waals surface area contributed by atoms with Gasteiger partial charge in [0.05, 0.1) is 0 Å². The Morgan fingerprint density at radius 3 is 2.12 bits per heavy atom. The van der Waals surface area contributed by atoms with Crippen LogP contribution in [0.25, 0.3) is 0 Å². The van der Waals surface area contributed by atoms with Crippen LogP contribution in [-0.4, -0.2) is 24.9 Å². The number of nitrogens with zero attached hydrogens (tertiary/aromatic N) is 1. The minimum Gasteiger partial charge on any atom is -0.350 e. The van der Waals surface area contributed by atoms with Crippen LogP contribution in [0.5, 0.6) is 0 Å². The van der Waals surface area contributed by atoms with Crippen molar-refractivity contribution >= 4 is 5.91 Å². The third kappa shape index (κ3) is 4.14. The number of aryl methyl sites for hydroxylation is 1. The highest BCUT2D eigenvalue weighted by molar-refractivity contribution is 5.83. The number of amides is 1. The molecule has 3 nitrogen and oxygen atoms in total. The van der Waals surface area contributed by atoms with Crippen LogP contribution in [0.3, 0.4) is 0 Å². The SMILES string of the molecule is Cc1ccc(C(C(=O)NCc2cc(F)c(F)c(F)c2)N(C)C)cc1. The van der Waals surface area contributed by atoms with Crippen LogP contribution in [-0.2, 0) is 11.3 Å². The number of nitrogens with one attached hydrogen (secondary N) is 1. The molecular weight excluding hydrogens is 317 g/mol. The van der Waals surface area contributed by atoms with E-state index in [2.05, 4.69) is 5.32 Å². The van der Waals surface area contributed by atoms with Gasteiger partial charge in [-0.1, -0.05) is 29.8 Å². The molecule has 1 amide bonds. The molecule has 0 saturated carbocycles. The van der Waals surface area contributed by atoms with Crippen molar-refractivity contribution in [2.75, 3.05) is 14.1 Å². The lowest BCUT2D eigenvalue weighted by Crippen LogP contribution is -2.36. The van der Waals surface area contributed by atoms with Gasteiger partial charge in [0.2, 0.25) is 5.91 Å². The minimum atomic E-state index is -1.52. The highest BCUT2D eigenvalue weighted by atomic mass is 19.2. The minimum absolute atomic E-state index is 0.0941. The molecule has 2 aromatic carbocycles. The van der Waals surface area contributed by atoms with Crippen LogP contribution < -0.4 is 5.32 Å². The number of carbonyl (C=O) groups is 1. The lowest BCUT2D eigenvalue weighted by atomic mass is 10.0. The Labute approximate surface area is 139 Å². The molecule has 2 rings (SSSR count). The molecule has 2 aromatic rings. The summed E-state index contributed by atoms with van der Waals surface area (Å²) in [6.07, 6.45) is 0. The Morgan fingerprint density at radius 1 is 1.08 bits per heavy atom. The van der Waals surface area contributed by atoms with Gasteiger partial charge in [0.1, 0.15) is 6.04 Å². The van der Waals surface area contributed by atoms with Crippen LogP contribution in [0, 0.1) is 24.4 Å². The zero-order valence-electron chi connectivity index (χ0n) is 13.7. The Balaban J connectivity index is 2.13. The van der Waals surface area contributed by atoms with Crippen LogP contribution in [0.1, 0.15) is 22.7 Å². The molecule has 24 heavy (non-hydrogen) atoms. The third-order valence-corrected chi connectivity index (χ3v) is 3.67. The van der Waals surface area contributed by atoms with E-state index in [1.54, 1.807) is 19.0 Å². The van der Waals surface area contributed by atoms with Crippen molar-refractivity contribution in [3.63, 3.8) is 0 Å². The molecule has 0 aliphatic carbocycles. The molecule has 1 unspecified atom stereocenters. The molecule has 0 radical (unpaired) electrons. The maximum Gasteiger partial charge on any atom is 0.242 e. The fourth-order valence-electron chi connectivity index (χ4n) is 2.43. The molecule has 0 aliphatic rings. The quantitative estimate of drug-likeness (QED) is 0.850. The maximum atomic E-state index is 13.2. The van der Waals surface area contributed by atoms with Crippen LogP contribution in [0.2, 0.25) is 0 Å². The molecule has 0 bridgehead atoms. The van der Waals surface area contributed by atoms with Gasteiger partial charge in [-0.15, -0.1) is 0 Å². The van der Waals surface area contributed by atoms with Gasteiger partial charge in [-0.3, -0.25) is 9.69 Å². The van der Waals surface area contributed by atoms with Gasteiger partial charge >= 0.3 is 0 Å². The summed E-state index contributed by atoms with van der Waals surface area (Å²) in [6.45, 7) is 1.86. The Bertz CT molecular complexity index is 707. The second-order valence-electron chi connectivity index (χ2n) is 5.87. The van der Waals surface area contributed by atoms with Gasteiger partial charge in [-0.2, -0.15) is 0 Å². The molecule has 6 heteroatoms. The fraction of sp³-hybridized carbons (Fsp3) is 0.278.